The number of unbranched alkanes of at least 4 members (excludes halogenated alkanes) is 1. The van der Waals surface area contributed by atoms with E-state index in [0.717, 1.165) is 37.7 Å². The third-order valence-corrected chi connectivity index (χ3v) is 21.0. The summed E-state index contributed by atoms with van der Waals surface area (Å²) in [5, 5.41) is 65.9. The fraction of sp³-hybridized carbons (Fsp3) is 0.701. The molecule has 15 N–H and O–H groups in total. The van der Waals surface area contributed by atoms with Crippen LogP contribution in [0.25, 0.3) is 0 Å². The number of rotatable bonds is 29. The Hall–Kier alpha value is -6.44. The van der Waals surface area contributed by atoms with E-state index < -0.39 is 144 Å². The average molecular weight is 1330 g/mol. The number of hydrogen-bond acceptors (Lipinski definition) is 23. The van der Waals surface area contributed by atoms with Gasteiger partial charge in [-0.25, -0.2) is 9.59 Å². The smallest absolute Gasteiger partial charge is 0.429 e. The van der Waals surface area contributed by atoms with E-state index in [0.29, 0.717) is 74.0 Å². The molecule has 95 heavy (non-hydrogen) atoms. The maximum Gasteiger partial charge on any atom is 0.509 e. The Bertz CT molecular complexity index is 3040. The number of carbonyl (C=O) groups excluding carboxylic acids is 8. The van der Waals surface area contributed by atoms with Crippen molar-refractivity contribution in [2.75, 3.05) is 38.2 Å². The number of carbonyl (C=O) groups is 8. The standard InChI is InChI=1S/C67H99N9O19/c1-6-13-53-94-51-30-43-42-23-20-39-29-41(78)24-25-65(39,4)54(42)47(80)31-66(43,5)67(51,95-53)50(81)34-92-64(89)91-33-37-18-21-40(22-19-37)72-60(86)38(14-12-27-71-63(69)88)28-46(79)55(36(2)3)73-61(87)44(68)15-10-11-26-70-52(82)35-90-48-17-9-7-8-16-45-56(48)74-75-76(45)62-59(85)58(84)57(83)49(32-77)93-62/h18-19,21-22,24-25,29,36,38,42-44,47-49,51,53-55,57-59,62,74-75,77,80,83-85H,6-17,20,23,26-28,30-35,68H2,1-5H3,(H,70,82)(H,72,86)(H,73,87)(H3,69,71,88)/t38-,42+,43+,44-,47+,48?,49-,51-,53?,54-,55+,57+,58+,59-,62-,65+,66+,67-/m1/s1. The lowest BCUT2D eigenvalue weighted by Crippen LogP contribution is -2.64. The van der Waals surface area contributed by atoms with E-state index in [1.807, 2.05) is 19.9 Å². The Morgan fingerprint density at radius 1 is 0.874 bits per heavy atom. The molecule has 5 fully saturated rings. The number of hydrazine groups is 2. The van der Waals surface area contributed by atoms with Gasteiger partial charge >= 0.3 is 12.2 Å². The molecule has 0 bridgehead atoms. The summed E-state index contributed by atoms with van der Waals surface area (Å²) in [5.41, 5.74) is 18.0. The molecule has 0 aromatic heterocycles. The number of nitrogens with one attached hydrogen (secondary N) is 6. The number of anilines is 1. The van der Waals surface area contributed by atoms with E-state index in [1.54, 1.807) is 50.3 Å². The number of hydrogen-bond donors (Lipinski definition) is 13. The highest BCUT2D eigenvalue weighted by molar-refractivity contribution is 6.01. The van der Waals surface area contributed by atoms with E-state index >= 15 is 0 Å². The third kappa shape index (κ3) is 16.1. The topological polar surface area (TPSA) is 421 Å². The quantitative estimate of drug-likeness (QED) is 0.0405. The maximum atomic E-state index is 14.7. The van der Waals surface area contributed by atoms with Gasteiger partial charge in [-0.15, -0.1) is 5.53 Å². The Kier molecular flexibility index (Phi) is 24.4. The van der Waals surface area contributed by atoms with Gasteiger partial charge in [0.15, 0.2) is 36.3 Å². The summed E-state index contributed by atoms with van der Waals surface area (Å²) in [6, 6.07) is 3.67. The number of aliphatic hydroxyl groups is 5. The van der Waals surface area contributed by atoms with Gasteiger partial charge in [-0.2, -0.15) is 0 Å². The number of ketones is 3. The van der Waals surface area contributed by atoms with Crippen molar-refractivity contribution in [3.05, 3.63) is 65.0 Å². The Morgan fingerprint density at radius 3 is 2.36 bits per heavy atom. The number of fused-ring (bicyclic) bond motifs is 7. The first-order valence-corrected chi connectivity index (χ1v) is 33.9. The summed E-state index contributed by atoms with van der Waals surface area (Å²) < 4.78 is 36.0. The molecule has 8 aliphatic rings. The lowest BCUT2D eigenvalue weighted by Gasteiger charge is -2.59. The van der Waals surface area contributed by atoms with Gasteiger partial charge < -0.3 is 92.1 Å². The predicted octanol–water partition coefficient (Wildman–Crippen LogP) is 2.48. The number of primary amides is 1. The summed E-state index contributed by atoms with van der Waals surface area (Å²) in [6.07, 6.45) is 3.13. The number of amides is 5. The molecule has 9 rings (SSSR count). The second kappa shape index (κ2) is 31.8. The SMILES string of the molecule is CCCC1O[C@@H]2C[C@H]3[C@@H]4CCC5=CC(=O)C=C[C@]5(C)[C@H]4[C@@H](O)C[C@]3(C)[C@]2(C(=O)COC(=O)OCc2ccc(NC(=O)[C@H](CCCNC(N)=O)CC(=O)[C@@H](NC(=O)[C@H](N)CCCCNC(=O)COC3CCCCCC4=C3NNN4[C@@H]3O[C@H](CO)[C@H](O)[C@H](O)[C@H]3O)C(C)C)cc2)O1. The first kappa shape index (κ1) is 72.8. The molecule has 2 unspecified atom stereocenters. The van der Waals surface area contributed by atoms with Gasteiger partial charge in [0.25, 0.3) is 0 Å². The number of Topliss-reactive ketones (excluding diaryl/α,β-unsaturated/α-hetero) is 2. The van der Waals surface area contributed by atoms with Crippen LogP contribution in [0, 0.1) is 40.4 Å². The summed E-state index contributed by atoms with van der Waals surface area (Å²) in [4.78, 5) is 106. The zero-order chi connectivity index (χ0) is 68.5. The van der Waals surface area contributed by atoms with Gasteiger partial charge in [-0.3, -0.25) is 33.8 Å². The molecule has 3 saturated carbocycles. The molecular weight excluding hydrogens is 1230 g/mol. The summed E-state index contributed by atoms with van der Waals surface area (Å²) >= 11 is 0. The van der Waals surface area contributed by atoms with E-state index in [2.05, 4.69) is 39.2 Å². The number of nitrogens with two attached hydrogens (primary N) is 2. The normalized spacial score (nSPS) is 32.5. The first-order valence-electron chi connectivity index (χ1n) is 33.9. The summed E-state index contributed by atoms with van der Waals surface area (Å²) in [7, 11) is 0. The van der Waals surface area contributed by atoms with Crippen LogP contribution >= 0.6 is 0 Å². The van der Waals surface area contributed by atoms with Crippen molar-refractivity contribution in [1.29, 1.82) is 0 Å². The molecule has 28 nitrogen and oxygen atoms in total. The van der Waals surface area contributed by atoms with Crippen molar-refractivity contribution in [3.8, 4) is 0 Å². The fourth-order valence-electron chi connectivity index (χ4n) is 16.1. The molecule has 3 aliphatic heterocycles. The van der Waals surface area contributed by atoms with Gasteiger partial charge in [-0.1, -0.05) is 77.7 Å². The molecule has 3 heterocycles. The number of ether oxygens (including phenoxy) is 6. The van der Waals surface area contributed by atoms with E-state index in [9.17, 15) is 63.9 Å². The molecule has 18 atom stereocenters. The third-order valence-electron chi connectivity index (χ3n) is 21.0. The van der Waals surface area contributed by atoms with Gasteiger partial charge in [0.2, 0.25) is 23.5 Å². The van der Waals surface area contributed by atoms with Gasteiger partial charge in [0.1, 0.15) is 43.7 Å². The second-order valence-corrected chi connectivity index (χ2v) is 27.6. The molecule has 526 valence electrons. The largest absolute Gasteiger partial charge is 0.509 e. The average Bonchev–Trinajstić information content (AvgIpc) is 1.55. The highest BCUT2D eigenvalue weighted by atomic mass is 16.8. The molecule has 2 saturated heterocycles. The van der Waals surface area contributed by atoms with Crippen LogP contribution in [0.1, 0.15) is 149 Å². The van der Waals surface area contributed by atoms with E-state index in [-0.39, 0.29) is 81.4 Å². The number of aliphatic hydroxyl groups excluding tert-OH is 5. The van der Waals surface area contributed by atoms with Crippen LogP contribution in [0.5, 0.6) is 0 Å². The van der Waals surface area contributed by atoms with Crippen LogP contribution in [0.4, 0.5) is 15.3 Å². The van der Waals surface area contributed by atoms with Crippen LogP contribution in [0.2, 0.25) is 0 Å². The van der Waals surface area contributed by atoms with E-state index in [1.165, 1.54) is 5.01 Å². The summed E-state index contributed by atoms with van der Waals surface area (Å²) in [5.74, 6) is -3.91. The van der Waals surface area contributed by atoms with Crippen molar-refractivity contribution in [2.45, 2.75) is 223 Å². The highest BCUT2D eigenvalue weighted by Crippen LogP contribution is 2.70. The number of urea groups is 1. The van der Waals surface area contributed by atoms with Crippen molar-refractivity contribution < 1.29 is 92.3 Å². The highest BCUT2D eigenvalue weighted by Gasteiger charge is 2.76. The molecule has 5 aliphatic carbocycles. The lowest BCUT2D eigenvalue weighted by molar-refractivity contribution is -0.266. The van der Waals surface area contributed by atoms with Crippen molar-refractivity contribution in [3.63, 3.8) is 0 Å². The monoisotopic (exact) mass is 1330 g/mol. The van der Waals surface area contributed by atoms with Crippen molar-refractivity contribution in [2.24, 2.45) is 51.9 Å². The van der Waals surface area contributed by atoms with Gasteiger partial charge in [0, 0.05) is 47.9 Å². The zero-order valence-electron chi connectivity index (χ0n) is 55.1. The minimum absolute atomic E-state index is 0.00697. The molecule has 1 aromatic rings. The summed E-state index contributed by atoms with van der Waals surface area (Å²) in [6.45, 7) is 8.24. The number of benzene rings is 1. The van der Waals surface area contributed by atoms with Crippen LogP contribution in [-0.4, -0.2) is 184 Å². The van der Waals surface area contributed by atoms with Crippen LogP contribution in [-0.2, 0) is 63.8 Å². The zero-order valence-corrected chi connectivity index (χ0v) is 55.1. The van der Waals surface area contributed by atoms with Crippen LogP contribution in [0.3, 0.4) is 0 Å². The molecule has 0 spiro atoms. The Labute approximate surface area is 553 Å². The number of nitrogens with zero attached hydrogens (tertiary/aromatic N) is 1. The van der Waals surface area contributed by atoms with E-state index in [4.69, 9.17) is 39.9 Å². The predicted molar refractivity (Wildman–Crippen MR) is 340 cm³/mol. The van der Waals surface area contributed by atoms with Crippen LogP contribution in [0.15, 0.2) is 59.5 Å². The fourth-order valence-corrected chi connectivity index (χ4v) is 16.1. The molecule has 1 aromatic carbocycles. The minimum atomic E-state index is -1.57. The molecule has 5 amide bonds. The minimum Gasteiger partial charge on any atom is -0.429 e. The van der Waals surface area contributed by atoms with Gasteiger partial charge in [-0.05, 0) is 131 Å². The first-order chi connectivity index (χ1) is 45.3. The van der Waals surface area contributed by atoms with Crippen LogP contribution < -0.4 is 43.7 Å². The van der Waals surface area contributed by atoms with Crippen molar-refractivity contribution >= 4 is 52.9 Å². The molecule has 28 heteroatoms. The molecule has 0 radical (unpaired) electrons. The molecular formula is C67H99N9O19. The Morgan fingerprint density at radius 2 is 1.63 bits per heavy atom. The maximum absolute atomic E-state index is 14.7. The number of allylic oxidation sites excluding steroid dienone is 5. The Balaban J connectivity index is 0.718. The van der Waals surface area contributed by atoms with Gasteiger partial charge in [0.05, 0.1) is 42.3 Å². The van der Waals surface area contributed by atoms with Crippen molar-refractivity contribution in [1.82, 2.24) is 31.9 Å². The lowest BCUT2D eigenvalue weighted by atomic mass is 9.46. The second-order valence-electron chi connectivity index (χ2n) is 27.6.